The lowest BCUT2D eigenvalue weighted by Crippen LogP contribution is -2.41. The minimum Gasteiger partial charge on any atom is -0.396 e. The summed E-state index contributed by atoms with van der Waals surface area (Å²) in [5.74, 6) is 2.37. The molecule has 1 aliphatic carbocycles. The summed E-state index contributed by atoms with van der Waals surface area (Å²) in [7, 11) is 0. The maximum Gasteiger partial charge on any atom is 0.0434 e. The van der Waals surface area contributed by atoms with Gasteiger partial charge in [0.15, 0.2) is 0 Å². The van der Waals surface area contributed by atoms with Crippen molar-refractivity contribution < 1.29 is 5.11 Å². The first-order valence-corrected chi connectivity index (χ1v) is 7.01. The molecule has 0 aromatic carbocycles. The Bertz CT molecular complexity index is 184. The van der Waals surface area contributed by atoms with Gasteiger partial charge in [0.25, 0.3) is 0 Å². The molecule has 1 saturated carbocycles. The van der Waals surface area contributed by atoms with E-state index in [1.165, 1.54) is 25.7 Å². The van der Waals surface area contributed by atoms with Gasteiger partial charge in [0, 0.05) is 12.6 Å². The predicted octanol–water partition coefficient (Wildman–Crippen LogP) is 2.81. The van der Waals surface area contributed by atoms with Gasteiger partial charge in [0.05, 0.1) is 0 Å². The van der Waals surface area contributed by atoms with Crippen LogP contribution in [0, 0.1) is 17.8 Å². The monoisotopic (exact) mass is 227 g/mol. The Labute approximate surface area is 101 Å². The highest BCUT2D eigenvalue weighted by Gasteiger charge is 2.25. The summed E-state index contributed by atoms with van der Waals surface area (Å²) in [5, 5.41) is 12.7. The molecule has 0 radical (unpaired) electrons. The van der Waals surface area contributed by atoms with Crippen LogP contribution in [0.4, 0.5) is 0 Å². The molecule has 0 heterocycles. The molecule has 0 aromatic heterocycles. The van der Waals surface area contributed by atoms with Gasteiger partial charge in [-0.3, -0.25) is 0 Å². The van der Waals surface area contributed by atoms with Crippen LogP contribution in [0.5, 0.6) is 0 Å². The van der Waals surface area contributed by atoms with Gasteiger partial charge in [-0.05, 0) is 50.0 Å². The summed E-state index contributed by atoms with van der Waals surface area (Å²) in [6.45, 7) is 8.37. The van der Waals surface area contributed by atoms with Gasteiger partial charge in [-0.15, -0.1) is 0 Å². The first-order chi connectivity index (χ1) is 7.67. The molecule has 4 unspecified atom stereocenters. The van der Waals surface area contributed by atoms with E-state index < -0.39 is 0 Å². The summed E-state index contributed by atoms with van der Waals surface area (Å²) < 4.78 is 0. The third-order valence-electron chi connectivity index (χ3n) is 4.21. The molecule has 0 saturated heterocycles. The van der Waals surface area contributed by atoms with Crippen molar-refractivity contribution in [1.29, 1.82) is 0 Å². The van der Waals surface area contributed by atoms with Crippen LogP contribution in [0.3, 0.4) is 0 Å². The molecule has 96 valence electrons. The van der Waals surface area contributed by atoms with Gasteiger partial charge in [-0.25, -0.2) is 0 Å². The van der Waals surface area contributed by atoms with Crippen molar-refractivity contribution in [3.8, 4) is 0 Å². The molecule has 2 heteroatoms. The second-order valence-electron chi connectivity index (χ2n) is 5.70. The number of aliphatic hydroxyl groups is 1. The van der Waals surface area contributed by atoms with Crippen molar-refractivity contribution in [2.45, 2.75) is 58.9 Å². The van der Waals surface area contributed by atoms with Crippen LogP contribution in [0.15, 0.2) is 0 Å². The second-order valence-corrected chi connectivity index (χ2v) is 5.70. The Morgan fingerprint density at radius 2 is 2.06 bits per heavy atom. The maximum absolute atomic E-state index is 8.96. The lowest BCUT2D eigenvalue weighted by molar-refractivity contribution is 0.207. The highest BCUT2D eigenvalue weighted by molar-refractivity contribution is 4.81. The minimum atomic E-state index is 0.331. The predicted molar refractivity (Wildman–Crippen MR) is 69.5 cm³/mol. The Hall–Kier alpha value is -0.0800. The molecule has 0 bridgehead atoms. The van der Waals surface area contributed by atoms with E-state index in [9.17, 15) is 0 Å². The Kier molecular flexibility index (Phi) is 6.37. The van der Waals surface area contributed by atoms with Gasteiger partial charge >= 0.3 is 0 Å². The summed E-state index contributed by atoms with van der Waals surface area (Å²) in [6, 6.07) is 0.712. The Balaban J connectivity index is 2.25. The molecule has 0 amide bonds. The molecular formula is C14H29NO. The van der Waals surface area contributed by atoms with Crippen LogP contribution in [0.2, 0.25) is 0 Å². The van der Waals surface area contributed by atoms with E-state index in [0.29, 0.717) is 18.6 Å². The standard InChI is InChI=1S/C14H29NO/c1-4-13(7-8-16)10-15-14-6-5-11(2)9-12(14)3/h11-16H,4-10H2,1-3H3. The van der Waals surface area contributed by atoms with E-state index in [1.807, 2.05) is 0 Å². The lowest BCUT2D eigenvalue weighted by Gasteiger charge is -2.34. The van der Waals surface area contributed by atoms with Gasteiger partial charge in [0.2, 0.25) is 0 Å². The number of aliphatic hydroxyl groups excluding tert-OH is 1. The van der Waals surface area contributed by atoms with Crippen LogP contribution >= 0.6 is 0 Å². The smallest absolute Gasteiger partial charge is 0.0434 e. The van der Waals surface area contributed by atoms with Crippen molar-refractivity contribution in [2.24, 2.45) is 17.8 Å². The molecule has 1 rings (SSSR count). The summed E-state index contributed by atoms with van der Waals surface area (Å²) in [4.78, 5) is 0. The highest BCUT2D eigenvalue weighted by Crippen LogP contribution is 2.28. The van der Waals surface area contributed by atoms with Gasteiger partial charge in [-0.1, -0.05) is 27.2 Å². The molecule has 0 aliphatic heterocycles. The third-order valence-corrected chi connectivity index (χ3v) is 4.21. The molecule has 1 aliphatic rings. The number of nitrogens with one attached hydrogen (secondary N) is 1. The van der Waals surface area contributed by atoms with Crippen molar-refractivity contribution in [3.63, 3.8) is 0 Å². The summed E-state index contributed by atoms with van der Waals surface area (Å²) in [6.07, 6.45) is 6.19. The van der Waals surface area contributed by atoms with Crippen molar-refractivity contribution in [3.05, 3.63) is 0 Å². The maximum atomic E-state index is 8.96. The van der Waals surface area contributed by atoms with Gasteiger partial charge < -0.3 is 10.4 Å². The molecule has 2 nitrogen and oxygen atoms in total. The zero-order chi connectivity index (χ0) is 12.0. The van der Waals surface area contributed by atoms with E-state index in [2.05, 4.69) is 26.1 Å². The fraction of sp³-hybridized carbons (Fsp3) is 1.00. The van der Waals surface area contributed by atoms with E-state index in [4.69, 9.17) is 5.11 Å². The van der Waals surface area contributed by atoms with Crippen LogP contribution in [-0.4, -0.2) is 24.3 Å². The quantitative estimate of drug-likeness (QED) is 0.731. The fourth-order valence-electron chi connectivity index (χ4n) is 2.92. The van der Waals surface area contributed by atoms with Crippen molar-refractivity contribution in [1.82, 2.24) is 5.32 Å². The number of hydrogen-bond acceptors (Lipinski definition) is 2. The first-order valence-electron chi connectivity index (χ1n) is 7.01. The molecule has 1 fully saturated rings. The second kappa shape index (κ2) is 7.29. The SMILES string of the molecule is CCC(CCO)CNC1CCC(C)CC1C. The van der Waals surface area contributed by atoms with E-state index in [-0.39, 0.29) is 0 Å². The van der Waals surface area contributed by atoms with Gasteiger partial charge in [0.1, 0.15) is 0 Å². The average molecular weight is 227 g/mol. The molecule has 0 spiro atoms. The fourth-order valence-corrected chi connectivity index (χ4v) is 2.92. The average Bonchev–Trinajstić information content (AvgIpc) is 2.26. The van der Waals surface area contributed by atoms with Crippen LogP contribution in [-0.2, 0) is 0 Å². The van der Waals surface area contributed by atoms with E-state index in [0.717, 1.165) is 24.8 Å². The Morgan fingerprint density at radius 3 is 2.62 bits per heavy atom. The molecule has 4 atom stereocenters. The molecule has 0 aromatic rings. The molecule has 2 N–H and O–H groups in total. The van der Waals surface area contributed by atoms with Crippen molar-refractivity contribution in [2.75, 3.05) is 13.2 Å². The largest absolute Gasteiger partial charge is 0.396 e. The van der Waals surface area contributed by atoms with Crippen LogP contribution in [0.25, 0.3) is 0 Å². The molecule has 16 heavy (non-hydrogen) atoms. The minimum absolute atomic E-state index is 0.331. The van der Waals surface area contributed by atoms with Crippen LogP contribution < -0.4 is 5.32 Å². The molecular weight excluding hydrogens is 198 g/mol. The zero-order valence-corrected chi connectivity index (χ0v) is 11.2. The summed E-state index contributed by atoms with van der Waals surface area (Å²) >= 11 is 0. The zero-order valence-electron chi connectivity index (χ0n) is 11.2. The third kappa shape index (κ3) is 4.42. The van der Waals surface area contributed by atoms with E-state index >= 15 is 0 Å². The van der Waals surface area contributed by atoms with Crippen LogP contribution in [0.1, 0.15) is 52.9 Å². The highest BCUT2D eigenvalue weighted by atomic mass is 16.3. The lowest BCUT2D eigenvalue weighted by atomic mass is 9.79. The number of hydrogen-bond donors (Lipinski definition) is 2. The van der Waals surface area contributed by atoms with Gasteiger partial charge in [-0.2, -0.15) is 0 Å². The summed E-state index contributed by atoms with van der Waals surface area (Å²) in [5.41, 5.74) is 0. The first kappa shape index (κ1) is 14.0. The topological polar surface area (TPSA) is 32.3 Å². The van der Waals surface area contributed by atoms with E-state index in [1.54, 1.807) is 0 Å². The number of rotatable bonds is 6. The Morgan fingerprint density at radius 1 is 1.31 bits per heavy atom. The van der Waals surface area contributed by atoms with Crippen molar-refractivity contribution >= 4 is 0 Å². The normalized spacial score (nSPS) is 32.6.